The van der Waals surface area contributed by atoms with Gasteiger partial charge in [-0.1, -0.05) is 20.8 Å². The largest absolute Gasteiger partial charge is 0.452 e. The number of fused-ring (bicyclic) bond motifs is 2. The number of anilines is 1. The van der Waals surface area contributed by atoms with Crippen LogP contribution in [0.2, 0.25) is 0 Å². The van der Waals surface area contributed by atoms with Crippen molar-refractivity contribution in [2.24, 2.45) is 10.8 Å². The summed E-state index contributed by atoms with van der Waals surface area (Å²) in [5.74, 6) is -0.586. The summed E-state index contributed by atoms with van der Waals surface area (Å²) < 4.78 is 5.21. The van der Waals surface area contributed by atoms with Gasteiger partial charge in [0.05, 0.1) is 5.56 Å². The van der Waals surface area contributed by atoms with E-state index in [0.29, 0.717) is 16.7 Å². The molecule has 2 atom stereocenters. The van der Waals surface area contributed by atoms with Crippen molar-refractivity contribution in [1.29, 1.82) is 0 Å². The molecule has 1 saturated carbocycles. The van der Waals surface area contributed by atoms with Crippen molar-refractivity contribution in [2.75, 3.05) is 18.9 Å². The van der Waals surface area contributed by atoms with E-state index in [1.165, 1.54) is 0 Å². The molecule has 130 valence electrons. The number of ether oxygens (including phenoxy) is 1. The minimum absolute atomic E-state index is 0.0965. The predicted molar refractivity (Wildman–Crippen MR) is 92.4 cm³/mol. The first-order valence-electron chi connectivity index (χ1n) is 8.52. The molecule has 24 heavy (non-hydrogen) atoms. The van der Waals surface area contributed by atoms with E-state index in [1.807, 2.05) is 4.90 Å². The summed E-state index contributed by atoms with van der Waals surface area (Å²) in [6.45, 7) is 7.33. The summed E-state index contributed by atoms with van der Waals surface area (Å²) in [5, 5.41) is 0. The lowest BCUT2D eigenvalue weighted by Gasteiger charge is -2.40. The van der Waals surface area contributed by atoms with Crippen LogP contribution in [-0.2, 0) is 9.53 Å². The van der Waals surface area contributed by atoms with Crippen molar-refractivity contribution < 1.29 is 14.3 Å². The monoisotopic (exact) mass is 330 g/mol. The molecule has 2 bridgehead atoms. The Balaban J connectivity index is 1.61. The lowest BCUT2D eigenvalue weighted by Crippen LogP contribution is -2.49. The number of nitrogens with two attached hydrogens (primary N) is 1. The number of piperidine rings is 1. The van der Waals surface area contributed by atoms with Gasteiger partial charge in [0, 0.05) is 18.3 Å². The molecule has 1 aliphatic carbocycles. The Labute approximate surface area is 143 Å². The summed E-state index contributed by atoms with van der Waals surface area (Å²) in [4.78, 5) is 26.6. The third-order valence-corrected chi connectivity index (χ3v) is 5.60. The van der Waals surface area contributed by atoms with Crippen molar-refractivity contribution in [1.82, 2.24) is 4.90 Å². The van der Waals surface area contributed by atoms with Crippen LogP contribution in [0.5, 0.6) is 0 Å². The summed E-state index contributed by atoms with van der Waals surface area (Å²) in [5.41, 5.74) is 7.05. The maximum Gasteiger partial charge on any atom is 0.338 e. The highest BCUT2D eigenvalue weighted by Crippen LogP contribution is 2.55. The zero-order chi connectivity index (χ0) is 17.5. The van der Waals surface area contributed by atoms with Crippen molar-refractivity contribution in [3.05, 3.63) is 29.8 Å². The highest BCUT2D eigenvalue weighted by molar-refractivity contribution is 5.91. The van der Waals surface area contributed by atoms with Gasteiger partial charge in [-0.2, -0.15) is 0 Å². The Morgan fingerprint density at radius 3 is 2.58 bits per heavy atom. The average Bonchev–Trinajstić information content (AvgIpc) is 2.70. The Hall–Kier alpha value is -2.04. The second kappa shape index (κ2) is 5.80. The van der Waals surface area contributed by atoms with Crippen LogP contribution in [0.1, 0.15) is 50.4 Å². The standard InChI is InChI=1S/C19H26N2O3/c1-18(2)12-19(3)8-9-21(15(18)10-19)16(22)11-24-17(23)13-4-6-14(20)7-5-13/h4-7,15H,8-12,20H2,1-3H3. The zero-order valence-electron chi connectivity index (χ0n) is 14.7. The number of hydrogen-bond acceptors (Lipinski definition) is 4. The fraction of sp³-hybridized carbons (Fsp3) is 0.579. The molecule has 2 N–H and O–H groups in total. The molecular formula is C19H26N2O3. The molecule has 1 aromatic rings. The number of rotatable bonds is 3. The van der Waals surface area contributed by atoms with Gasteiger partial charge in [0.15, 0.2) is 6.61 Å². The number of nitrogens with zero attached hydrogens (tertiary/aromatic N) is 1. The molecule has 0 spiro atoms. The average molecular weight is 330 g/mol. The summed E-state index contributed by atoms with van der Waals surface area (Å²) in [7, 11) is 0. The van der Waals surface area contributed by atoms with E-state index in [9.17, 15) is 9.59 Å². The summed E-state index contributed by atoms with van der Waals surface area (Å²) >= 11 is 0. The maximum absolute atomic E-state index is 12.6. The van der Waals surface area contributed by atoms with Crippen LogP contribution in [0.4, 0.5) is 5.69 Å². The van der Waals surface area contributed by atoms with Gasteiger partial charge in [0.2, 0.25) is 0 Å². The minimum atomic E-state index is -0.490. The normalized spacial score (nSPS) is 27.8. The van der Waals surface area contributed by atoms with Gasteiger partial charge in [-0.3, -0.25) is 4.79 Å². The molecule has 2 aliphatic rings. The first kappa shape index (κ1) is 16.8. The molecule has 5 nitrogen and oxygen atoms in total. The number of carbonyl (C=O) groups is 2. The highest BCUT2D eigenvalue weighted by atomic mass is 16.5. The molecule has 0 radical (unpaired) electrons. The van der Waals surface area contributed by atoms with E-state index < -0.39 is 5.97 Å². The van der Waals surface area contributed by atoms with E-state index in [4.69, 9.17) is 10.5 Å². The van der Waals surface area contributed by atoms with Crippen molar-refractivity contribution in [2.45, 2.75) is 46.1 Å². The molecule has 0 aromatic heterocycles. The van der Waals surface area contributed by atoms with E-state index in [2.05, 4.69) is 20.8 Å². The summed E-state index contributed by atoms with van der Waals surface area (Å²) in [6, 6.07) is 6.73. The van der Waals surface area contributed by atoms with Crippen LogP contribution in [0.15, 0.2) is 24.3 Å². The zero-order valence-corrected chi connectivity index (χ0v) is 14.7. The Morgan fingerprint density at radius 1 is 1.25 bits per heavy atom. The first-order valence-corrected chi connectivity index (χ1v) is 8.52. The van der Waals surface area contributed by atoms with E-state index in [-0.39, 0.29) is 24.0 Å². The van der Waals surface area contributed by atoms with E-state index in [0.717, 1.165) is 25.8 Å². The molecule has 1 saturated heterocycles. The SMILES string of the molecule is CC12CCN(C(=O)COC(=O)c3ccc(N)cc3)C(C1)C(C)(C)C2. The van der Waals surface area contributed by atoms with Gasteiger partial charge in [-0.25, -0.2) is 4.79 Å². The molecule has 2 fully saturated rings. The first-order chi connectivity index (χ1) is 11.2. The second-order valence-corrected chi connectivity index (χ2v) is 8.23. The topological polar surface area (TPSA) is 72.6 Å². The van der Waals surface area contributed by atoms with Crippen LogP contribution in [0, 0.1) is 10.8 Å². The van der Waals surface area contributed by atoms with Crippen LogP contribution < -0.4 is 5.73 Å². The molecule has 1 aliphatic heterocycles. The second-order valence-electron chi connectivity index (χ2n) is 8.23. The molecular weight excluding hydrogens is 304 g/mol. The fourth-order valence-corrected chi connectivity index (χ4v) is 4.51. The Kier molecular flexibility index (Phi) is 4.06. The van der Waals surface area contributed by atoms with Crippen molar-refractivity contribution in [3.8, 4) is 0 Å². The third-order valence-electron chi connectivity index (χ3n) is 5.60. The van der Waals surface area contributed by atoms with Crippen molar-refractivity contribution in [3.63, 3.8) is 0 Å². The Morgan fingerprint density at radius 2 is 1.92 bits per heavy atom. The lowest BCUT2D eigenvalue weighted by atomic mass is 9.81. The number of likely N-dealkylation sites (tertiary alicyclic amines) is 1. The Bertz CT molecular complexity index is 653. The number of nitrogen functional groups attached to an aromatic ring is 1. The van der Waals surface area contributed by atoms with Gasteiger partial charge >= 0.3 is 5.97 Å². The van der Waals surface area contributed by atoms with Gasteiger partial charge in [0.25, 0.3) is 5.91 Å². The number of benzene rings is 1. The number of esters is 1. The lowest BCUT2D eigenvalue weighted by molar-refractivity contribution is -0.140. The number of carbonyl (C=O) groups excluding carboxylic acids is 2. The van der Waals surface area contributed by atoms with Gasteiger partial charge < -0.3 is 15.4 Å². The highest BCUT2D eigenvalue weighted by Gasteiger charge is 2.53. The summed E-state index contributed by atoms with van der Waals surface area (Å²) in [6.07, 6.45) is 3.20. The molecule has 1 amide bonds. The van der Waals surface area contributed by atoms with E-state index in [1.54, 1.807) is 24.3 Å². The van der Waals surface area contributed by atoms with Gasteiger partial charge in [0.1, 0.15) is 0 Å². The van der Waals surface area contributed by atoms with Crippen LogP contribution in [0.25, 0.3) is 0 Å². The molecule has 5 heteroatoms. The predicted octanol–water partition coefficient (Wildman–Crippen LogP) is 2.85. The number of hydrogen-bond donors (Lipinski definition) is 1. The minimum Gasteiger partial charge on any atom is -0.452 e. The third kappa shape index (κ3) is 3.12. The van der Waals surface area contributed by atoms with Crippen LogP contribution >= 0.6 is 0 Å². The van der Waals surface area contributed by atoms with Gasteiger partial charge in [-0.15, -0.1) is 0 Å². The maximum atomic E-state index is 12.6. The molecule has 2 unspecified atom stereocenters. The molecule has 1 heterocycles. The smallest absolute Gasteiger partial charge is 0.338 e. The van der Waals surface area contributed by atoms with Crippen molar-refractivity contribution >= 4 is 17.6 Å². The van der Waals surface area contributed by atoms with Gasteiger partial charge in [-0.05, 0) is 54.4 Å². The fourth-order valence-electron chi connectivity index (χ4n) is 4.51. The molecule has 1 aromatic carbocycles. The quantitative estimate of drug-likeness (QED) is 0.683. The number of amides is 1. The van der Waals surface area contributed by atoms with Crippen LogP contribution in [-0.4, -0.2) is 36.0 Å². The van der Waals surface area contributed by atoms with E-state index >= 15 is 0 Å². The van der Waals surface area contributed by atoms with Crippen LogP contribution in [0.3, 0.4) is 0 Å². The molecule has 3 rings (SSSR count).